The summed E-state index contributed by atoms with van der Waals surface area (Å²) < 4.78 is 5.74. The Balaban J connectivity index is 2.40. The van der Waals surface area contributed by atoms with E-state index in [9.17, 15) is 0 Å². The summed E-state index contributed by atoms with van der Waals surface area (Å²) >= 11 is 0. The quantitative estimate of drug-likeness (QED) is 0.632. The zero-order chi connectivity index (χ0) is 11.1. The van der Waals surface area contributed by atoms with Crippen molar-refractivity contribution in [3.63, 3.8) is 0 Å². The minimum absolute atomic E-state index is 0.710. The molecule has 0 N–H and O–H groups in total. The molecule has 0 bridgehead atoms. The average molecular weight is 208 g/mol. The Morgan fingerprint density at radius 2 is 1.88 bits per heavy atom. The van der Waals surface area contributed by atoms with Crippen LogP contribution in [0.15, 0.2) is 54.8 Å². The van der Waals surface area contributed by atoms with E-state index in [1.807, 2.05) is 18.2 Å². The standard InChI is InChI=1S/C15H12O/c1-10-9-11(2)16-15-13(10)8-7-12-5-3-4-6-14(12)15/h3-9H,2H2,1H3. The van der Waals surface area contributed by atoms with Crippen molar-refractivity contribution in [3.8, 4) is 5.75 Å². The molecule has 0 amide bonds. The van der Waals surface area contributed by atoms with Gasteiger partial charge in [0.1, 0.15) is 11.5 Å². The van der Waals surface area contributed by atoms with Gasteiger partial charge in [-0.25, -0.2) is 0 Å². The van der Waals surface area contributed by atoms with Crippen LogP contribution in [0.2, 0.25) is 0 Å². The van der Waals surface area contributed by atoms with Crippen LogP contribution in [0.4, 0.5) is 0 Å². The fourth-order valence-corrected chi connectivity index (χ4v) is 2.14. The van der Waals surface area contributed by atoms with Crippen LogP contribution in [-0.2, 0) is 0 Å². The van der Waals surface area contributed by atoms with E-state index in [1.54, 1.807) is 0 Å². The van der Waals surface area contributed by atoms with Crippen LogP contribution in [0.25, 0.3) is 16.3 Å². The zero-order valence-electron chi connectivity index (χ0n) is 9.16. The molecule has 2 aromatic rings. The highest BCUT2D eigenvalue weighted by atomic mass is 16.5. The number of benzene rings is 2. The van der Waals surface area contributed by atoms with E-state index >= 15 is 0 Å². The molecule has 1 heterocycles. The summed E-state index contributed by atoms with van der Waals surface area (Å²) in [5, 5.41) is 2.34. The Labute approximate surface area is 94.7 Å². The van der Waals surface area contributed by atoms with Gasteiger partial charge in [0, 0.05) is 10.9 Å². The van der Waals surface area contributed by atoms with E-state index in [2.05, 4.69) is 37.8 Å². The van der Waals surface area contributed by atoms with Crippen molar-refractivity contribution in [2.45, 2.75) is 6.92 Å². The van der Waals surface area contributed by atoms with Gasteiger partial charge >= 0.3 is 0 Å². The van der Waals surface area contributed by atoms with Gasteiger partial charge in [-0.2, -0.15) is 0 Å². The average Bonchev–Trinajstić information content (AvgIpc) is 2.28. The molecule has 0 saturated heterocycles. The molecule has 16 heavy (non-hydrogen) atoms. The van der Waals surface area contributed by atoms with Crippen LogP contribution in [-0.4, -0.2) is 0 Å². The van der Waals surface area contributed by atoms with Crippen molar-refractivity contribution in [1.82, 2.24) is 0 Å². The Morgan fingerprint density at radius 3 is 2.75 bits per heavy atom. The number of rotatable bonds is 0. The predicted octanol–water partition coefficient (Wildman–Crippen LogP) is 4.15. The summed E-state index contributed by atoms with van der Waals surface area (Å²) in [4.78, 5) is 0. The van der Waals surface area contributed by atoms with Crippen LogP contribution >= 0.6 is 0 Å². The summed E-state index contributed by atoms with van der Waals surface area (Å²) in [5.41, 5.74) is 2.36. The smallest absolute Gasteiger partial charge is 0.142 e. The van der Waals surface area contributed by atoms with E-state index in [4.69, 9.17) is 4.74 Å². The fourth-order valence-electron chi connectivity index (χ4n) is 2.14. The molecule has 0 aromatic heterocycles. The normalized spacial score (nSPS) is 14.3. The molecule has 0 atom stereocenters. The van der Waals surface area contributed by atoms with E-state index < -0.39 is 0 Å². The predicted molar refractivity (Wildman–Crippen MR) is 67.4 cm³/mol. The zero-order valence-corrected chi connectivity index (χ0v) is 9.16. The Morgan fingerprint density at radius 1 is 1.06 bits per heavy atom. The Kier molecular flexibility index (Phi) is 1.87. The van der Waals surface area contributed by atoms with E-state index in [-0.39, 0.29) is 0 Å². The second-order valence-corrected chi connectivity index (χ2v) is 4.06. The first kappa shape index (κ1) is 9.22. The summed E-state index contributed by atoms with van der Waals surface area (Å²) in [5.74, 6) is 1.64. The van der Waals surface area contributed by atoms with Crippen molar-refractivity contribution in [3.05, 3.63) is 60.4 Å². The maximum Gasteiger partial charge on any atom is 0.142 e. The summed E-state index contributed by atoms with van der Waals surface area (Å²) in [6.07, 6.45) is 1.97. The van der Waals surface area contributed by atoms with Gasteiger partial charge < -0.3 is 4.74 Å². The molecule has 0 fully saturated rings. The monoisotopic (exact) mass is 208 g/mol. The summed E-state index contributed by atoms with van der Waals surface area (Å²) in [6.45, 7) is 5.96. The first-order chi connectivity index (χ1) is 7.75. The van der Waals surface area contributed by atoms with Gasteiger partial charge in [0.05, 0.1) is 0 Å². The summed E-state index contributed by atoms with van der Waals surface area (Å²) in [7, 11) is 0. The molecule has 0 unspecified atom stereocenters. The summed E-state index contributed by atoms with van der Waals surface area (Å²) in [6, 6.07) is 12.5. The van der Waals surface area contributed by atoms with Gasteiger partial charge in [-0.15, -0.1) is 0 Å². The molecular weight excluding hydrogens is 196 g/mol. The van der Waals surface area contributed by atoms with Crippen LogP contribution in [0.3, 0.4) is 0 Å². The molecule has 0 spiro atoms. The maximum absolute atomic E-state index is 5.74. The van der Waals surface area contributed by atoms with Crippen LogP contribution in [0.5, 0.6) is 5.75 Å². The third-order valence-corrected chi connectivity index (χ3v) is 2.92. The first-order valence-electron chi connectivity index (χ1n) is 5.33. The minimum Gasteiger partial charge on any atom is -0.457 e. The second-order valence-electron chi connectivity index (χ2n) is 4.06. The first-order valence-corrected chi connectivity index (χ1v) is 5.33. The van der Waals surface area contributed by atoms with E-state index in [0.717, 1.165) is 16.7 Å². The molecule has 2 aromatic carbocycles. The number of hydrogen-bond acceptors (Lipinski definition) is 1. The lowest BCUT2D eigenvalue weighted by Crippen LogP contribution is -2.01. The van der Waals surface area contributed by atoms with Gasteiger partial charge in [0.2, 0.25) is 0 Å². The lowest BCUT2D eigenvalue weighted by Gasteiger charge is -2.19. The van der Waals surface area contributed by atoms with Crippen molar-refractivity contribution >= 4 is 16.3 Å². The topological polar surface area (TPSA) is 9.23 Å². The van der Waals surface area contributed by atoms with Crippen LogP contribution < -0.4 is 4.74 Å². The molecule has 0 radical (unpaired) electrons. The van der Waals surface area contributed by atoms with Crippen LogP contribution in [0, 0.1) is 0 Å². The van der Waals surface area contributed by atoms with Gasteiger partial charge in [-0.3, -0.25) is 0 Å². The number of fused-ring (bicyclic) bond motifs is 3. The van der Waals surface area contributed by atoms with Gasteiger partial charge in [-0.05, 0) is 24.0 Å². The molecule has 1 heteroatoms. The third kappa shape index (κ3) is 1.25. The SMILES string of the molecule is C=C1C=C(C)c2ccc3ccccc3c2O1. The van der Waals surface area contributed by atoms with Crippen LogP contribution in [0.1, 0.15) is 12.5 Å². The van der Waals surface area contributed by atoms with Gasteiger partial charge in [0.25, 0.3) is 0 Å². The molecule has 1 nitrogen and oxygen atoms in total. The third-order valence-electron chi connectivity index (χ3n) is 2.92. The van der Waals surface area contributed by atoms with Gasteiger partial charge in [-0.1, -0.05) is 43.0 Å². The Bertz CT molecular complexity index is 620. The molecule has 78 valence electrons. The van der Waals surface area contributed by atoms with Crippen molar-refractivity contribution in [2.75, 3.05) is 0 Å². The fraction of sp³-hybridized carbons (Fsp3) is 0.0667. The molecular formula is C15H12O. The molecule has 1 aliphatic heterocycles. The highest BCUT2D eigenvalue weighted by molar-refractivity contribution is 5.94. The molecule has 1 aliphatic rings. The molecule has 0 saturated carbocycles. The number of hydrogen-bond donors (Lipinski definition) is 0. The maximum atomic E-state index is 5.74. The highest BCUT2D eigenvalue weighted by Crippen LogP contribution is 2.38. The highest BCUT2D eigenvalue weighted by Gasteiger charge is 2.15. The number of allylic oxidation sites excluding steroid dienone is 2. The minimum atomic E-state index is 0.710. The van der Waals surface area contributed by atoms with E-state index in [0.29, 0.717) is 5.76 Å². The van der Waals surface area contributed by atoms with Crippen molar-refractivity contribution in [1.29, 1.82) is 0 Å². The van der Waals surface area contributed by atoms with E-state index in [1.165, 1.54) is 11.0 Å². The Hall–Kier alpha value is -2.02. The molecule has 0 aliphatic carbocycles. The number of ether oxygens (including phenoxy) is 1. The largest absolute Gasteiger partial charge is 0.457 e. The lowest BCUT2D eigenvalue weighted by atomic mass is 9.98. The lowest BCUT2D eigenvalue weighted by molar-refractivity contribution is 0.446. The molecule has 3 rings (SSSR count). The van der Waals surface area contributed by atoms with Crippen molar-refractivity contribution in [2.24, 2.45) is 0 Å². The second kappa shape index (κ2) is 3.24. The van der Waals surface area contributed by atoms with Gasteiger partial charge in [0.15, 0.2) is 0 Å². The van der Waals surface area contributed by atoms with Crippen molar-refractivity contribution < 1.29 is 4.74 Å².